The lowest BCUT2D eigenvalue weighted by molar-refractivity contribution is 0.102. The predicted octanol–water partition coefficient (Wildman–Crippen LogP) is 4.20. The maximum atomic E-state index is 13.2. The number of nitrogens with zero attached hydrogens (tertiary/aromatic N) is 3. The number of hydrogen-bond donors (Lipinski definition) is 1. The number of benzene rings is 1. The van der Waals surface area contributed by atoms with Gasteiger partial charge in [-0.1, -0.05) is 11.6 Å². The van der Waals surface area contributed by atoms with Gasteiger partial charge in [0.1, 0.15) is 11.5 Å². The molecule has 1 amide bonds. The maximum Gasteiger partial charge on any atom is 0.274 e. The van der Waals surface area contributed by atoms with Crippen molar-refractivity contribution in [3.05, 3.63) is 83.2 Å². The van der Waals surface area contributed by atoms with E-state index in [4.69, 9.17) is 11.6 Å². The molecule has 0 spiro atoms. The SMILES string of the molecule is CN(CCc1ccncc1)c1ccnc(C(=O)Nc2ccc(F)c(Cl)c2)c1. The first-order valence-corrected chi connectivity index (χ1v) is 8.73. The molecule has 1 aromatic carbocycles. The second-order valence-corrected chi connectivity index (χ2v) is 6.42. The van der Waals surface area contributed by atoms with Crippen LogP contribution in [-0.2, 0) is 6.42 Å². The highest BCUT2D eigenvalue weighted by atomic mass is 35.5. The summed E-state index contributed by atoms with van der Waals surface area (Å²) in [6.07, 6.45) is 5.99. The Hall–Kier alpha value is -2.99. The largest absolute Gasteiger partial charge is 0.374 e. The minimum absolute atomic E-state index is 0.0506. The van der Waals surface area contributed by atoms with Gasteiger partial charge in [-0.2, -0.15) is 0 Å². The molecule has 0 saturated carbocycles. The van der Waals surface area contributed by atoms with Crippen LogP contribution in [0, 0.1) is 5.82 Å². The molecule has 0 bridgehead atoms. The number of likely N-dealkylation sites (N-methyl/N-ethyl adjacent to an activating group) is 1. The van der Waals surface area contributed by atoms with Crippen molar-refractivity contribution < 1.29 is 9.18 Å². The van der Waals surface area contributed by atoms with Crippen LogP contribution in [-0.4, -0.2) is 29.5 Å². The Morgan fingerprint density at radius 1 is 1.15 bits per heavy atom. The van der Waals surface area contributed by atoms with Crippen molar-refractivity contribution in [2.75, 3.05) is 23.8 Å². The van der Waals surface area contributed by atoms with E-state index in [1.54, 1.807) is 24.7 Å². The Balaban J connectivity index is 1.66. The summed E-state index contributed by atoms with van der Waals surface area (Å²) in [5.41, 5.74) is 2.74. The molecule has 2 aromatic heterocycles. The van der Waals surface area contributed by atoms with Gasteiger partial charge in [0.05, 0.1) is 5.02 Å². The van der Waals surface area contributed by atoms with Gasteiger partial charge in [0.25, 0.3) is 5.91 Å². The van der Waals surface area contributed by atoms with Crippen LogP contribution in [0.25, 0.3) is 0 Å². The summed E-state index contributed by atoms with van der Waals surface area (Å²) in [5, 5.41) is 2.62. The van der Waals surface area contributed by atoms with E-state index in [2.05, 4.69) is 15.3 Å². The lowest BCUT2D eigenvalue weighted by Crippen LogP contribution is -2.21. The molecule has 27 heavy (non-hydrogen) atoms. The van der Waals surface area contributed by atoms with Crippen LogP contribution in [0.1, 0.15) is 16.1 Å². The average Bonchev–Trinajstić information content (AvgIpc) is 2.70. The van der Waals surface area contributed by atoms with Gasteiger partial charge in [0, 0.05) is 43.6 Å². The smallest absolute Gasteiger partial charge is 0.274 e. The fourth-order valence-electron chi connectivity index (χ4n) is 2.53. The van der Waals surface area contributed by atoms with Crippen LogP contribution in [0.2, 0.25) is 5.02 Å². The average molecular weight is 385 g/mol. The molecule has 2 heterocycles. The van der Waals surface area contributed by atoms with Gasteiger partial charge in [-0.3, -0.25) is 14.8 Å². The van der Waals surface area contributed by atoms with E-state index in [-0.39, 0.29) is 16.6 Å². The molecule has 0 radical (unpaired) electrons. The van der Waals surface area contributed by atoms with Gasteiger partial charge in [0.2, 0.25) is 0 Å². The molecule has 3 aromatic rings. The summed E-state index contributed by atoms with van der Waals surface area (Å²) in [7, 11) is 1.96. The van der Waals surface area contributed by atoms with E-state index in [0.717, 1.165) is 18.7 Å². The van der Waals surface area contributed by atoms with Crippen LogP contribution in [0.3, 0.4) is 0 Å². The number of carbonyl (C=O) groups excluding carboxylic acids is 1. The summed E-state index contributed by atoms with van der Waals surface area (Å²) >= 11 is 5.74. The zero-order valence-corrected chi connectivity index (χ0v) is 15.4. The molecule has 3 rings (SSSR count). The lowest BCUT2D eigenvalue weighted by Gasteiger charge is -2.19. The van der Waals surface area contributed by atoms with Crippen LogP contribution >= 0.6 is 11.6 Å². The van der Waals surface area contributed by atoms with Crippen LogP contribution in [0.15, 0.2) is 61.1 Å². The zero-order valence-electron chi connectivity index (χ0n) is 14.7. The summed E-state index contributed by atoms with van der Waals surface area (Å²) in [6.45, 7) is 0.780. The number of aromatic nitrogens is 2. The Bertz CT molecular complexity index is 936. The highest BCUT2D eigenvalue weighted by molar-refractivity contribution is 6.31. The molecule has 0 unspecified atom stereocenters. The van der Waals surface area contributed by atoms with Crippen LogP contribution in [0.5, 0.6) is 0 Å². The summed E-state index contributed by atoms with van der Waals surface area (Å²) in [6, 6.07) is 11.5. The molecule has 0 aliphatic heterocycles. The fraction of sp³-hybridized carbons (Fsp3) is 0.150. The normalized spacial score (nSPS) is 10.5. The number of amides is 1. The van der Waals surface area contributed by atoms with Gasteiger partial charge >= 0.3 is 0 Å². The van der Waals surface area contributed by atoms with Gasteiger partial charge in [-0.05, 0) is 54.4 Å². The van der Waals surface area contributed by atoms with Gasteiger partial charge < -0.3 is 10.2 Å². The Labute approximate surface area is 161 Å². The Morgan fingerprint density at radius 3 is 2.67 bits per heavy atom. The standard InChI is InChI=1S/C20H18ClFN4O/c1-26(11-7-14-4-8-23-9-5-14)16-6-10-24-19(13-16)20(27)25-15-2-3-18(22)17(21)12-15/h2-6,8-10,12-13H,7,11H2,1H3,(H,25,27). The molecule has 7 heteroatoms. The summed E-state index contributed by atoms with van der Waals surface area (Å²) in [4.78, 5) is 22.6. The van der Waals surface area contributed by atoms with Crippen molar-refractivity contribution >= 4 is 28.9 Å². The zero-order chi connectivity index (χ0) is 19.2. The third kappa shape index (κ3) is 5.01. The number of hydrogen-bond acceptors (Lipinski definition) is 4. The second-order valence-electron chi connectivity index (χ2n) is 6.01. The molecule has 0 fully saturated rings. The highest BCUT2D eigenvalue weighted by Gasteiger charge is 2.11. The van der Waals surface area contributed by atoms with Gasteiger partial charge in [0.15, 0.2) is 0 Å². The number of anilines is 2. The monoisotopic (exact) mass is 384 g/mol. The molecular formula is C20H18ClFN4O. The number of pyridine rings is 2. The van der Waals surface area contributed by atoms with Crippen LogP contribution < -0.4 is 10.2 Å². The van der Waals surface area contributed by atoms with Crippen molar-refractivity contribution in [3.8, 4) is 0 Å². The van der Waals surface area contributed by atoms with Crippen LogP contribution in [0.4, 0.5) is 15.8 Å². The predicted molar refractivity (Wildman–Crippen MR) is 105 cm³/mol. The van der Waals surface area contributed by atoms with Crippen molar-refractivity contribution in [3.63, 3.8) is 0 Å². The van der Waals surface area contributed by atoms with E-state index >= 15 is 0 Å². The molecule has 0 aliphatic carbocycles. The Kier molecular flexibility index (Phi) is 5.98. The fourth-order valence-corrected chi connectivity index (χ4v) is 2.71. The van der Waals surface area contributed by atoms with Gasteiger partial charge in [-0.25, -0.2) is 4.39 Å². The van der Waals surface area contributed by atoms with E-state index in [1.807, 2.05) is 30.1 Å². The van der Waals surface area contributed by atoms with Crippen molar-refractivity contribution in [1.29, 1.82) is 0 Å². The summed E-state index contributed by atoms with van der Waals surface area (Å²) < 4.78 is 13.2. The molecule has 0 aliphatic rings. The van der Waals surface area contributed by atoms with Crippen molar-refractivity contribution in [2.45, 2.75) is 6.42 Å². The molecule has 138 valence electrons. The first-order valence-electron chi connectivity index (χ1n) is 8.35. The molecule has 1 N–H and O–H groups in total. The molecule has 5 nitrogen and oxygen atoms in total. The van der Waals surface area contributed by atoms with E-state index < -0.39 is 5.82 Å². The molecule has 0 atom stereocenters. The van der Waals surface area contributed by atoms with E-state index in [0.29, 0.717) is 5.69 Å². The third-order valence-corrected chi connectivity index (χ3v) is 4.37. The van der Waals surface area contributed by atoms with Crippen molar-refractivity contribution in [2.24, 2.45) is 0 Å². The van der Waals surface area contributed by atoms with E-state index in [1.165, 1.54) is 23.8 Å². The lowest BCUT2D eigenvalue weighted by atomic mass is 10.2. The Morgan fingerprint density at radius 2 is 1.93 bits per heavy atom. The number of nitrogens with one attached hydrogen (secondary N) is 1. The highest BCUT2D eigenvalue weighted by Crippen LogP contribution is 2.20. The van der Waals surface area contributed by atoms with Gasteiger partial charge in [-0.15, -0.1) is 0 Å². The first-order chi connectivity index (χ1) is 13.0. The minimum atomic E-state index is -0.536. The topological polar surface area (TPSA) is 58.1 Å². The molecule has 0 saturated heterocycles. The van der Waals surface area contributed by atoms with E-state index in [9.17, 15) is 9.18 Å². The second kappa shape index (κ2) is 8.60. The summed E-state index contributed by atoms with van der Waals surface area (Å²) in [5.74, 6) is -0.923. The molecular weight excluding hydrogens is 367 g/mol. The first kappa shape index (κ1) is 18.8. The minimum Gasteiger partial charge on any atom is -0.374 e. The third-order valence-electron chi connectivity index (χ3n) is 4.08. The van der Waals surface area contributed by atoms with Crippen molar-refractivity contribution in [1.82, 2.24) is 9.97 Å². The quantitative estimate of drug-likeness (QED) is 0.692. The number of carbonyl (C=O) groups is 1. The number of rotatable bonds is 6. The number of halogens is 2. The maximum absolute atomic E-state index is 13.2.